The van der Waals surface area contributed by atoms with Crippen molar-refractivity contribution in [2.75, 3.05) is 18.5 Å². The Morgan fingerprint density at radius 2 is 1.90 bits per heavy atom. The number of hydrogen-bond acceptors (Lipinski definition) is 5. The first-order valence-electron chi connectivity index (χ1n) is 7.96. The lowest BCUT2D eigenvalue weighted by Crippen LogP contribution is -2.13. The van der Waals surface area contributed by atoms with Crippen molar-refractivity contribution < 1.29 is 9.53 Å². The molecule has 0 aliphatic carbocycles. The van der Waals surface area contributed by atoms with E-state index < -0.39 is 0 Å². The van der Waals surface area contributed by atoms with Gasteiger partial charge in [-0.2, -0.15) is 0 Å². The number of carbonyl (C=O) groups excluding carboxylic acids is 1. The summed E-state index contributed by atoms with van der Waals surface area (Å²) >= 11 is 1.47. The van der Waals surface area contributed by atoms with Gasteiger partial charge in [-0.05, 0) is 13.3 Å². The molecule has 0 aliphatic heterocycles. The molecule has 21 heavy (non-hydrogen) atoms. The second kappa shape index (κ2) is 11.6. The Balaban J connectivity index is 2.16. The molecule has 1 heterocycles. The predicted molar refractivity (Wildman–Crippen MR) is 86.7 cm³/mol. The Morgan fingerprint density at radius 1 is 1.14 bits per heavy atom. The van der Waals surface area contributed by atoms with Crippen LogP contribution in [0.2, 0.25) is 0 Å². The van der Waals surface area contributed by atoms with Crippen LogP contribution in [0.25, 0.3) is 0 Å². The second-order valence-corrected chi connectivity index (χ2v) is 6.08. The minimum absolute atomic E-state index is 0.0642. The van der Waals surface area contributed by atoms with Crippen molar-refractivity contribution in [2.45, 2.75) is 65.2 Å². The van der Waals surface area contributed by atoms with Crippen LogP contribution in [0.3, 0.4) is 0 Å². The van der Waals surface area contributed by atoms with Gasteiger partial charge in [0.2, 0.25) is 11.0 Å². The molecule has 1 N–H and O–H groups in total. The van der Waals surface area contributed by atoms with Gasteiger partial charge in [0.25, 0.3) is 0 Å². The number of carbonyl (C=O) groups is 1. The molecule has 0 bridgehead atoms. The van der Waals surface area contributed by atoms with Gasteiger partial charge < -0.3 is 10.1 Å². The Kier molecular flexibility index (Phi) is 9.99. The van der Waals surface area contributed by atoms with Gasteiger partial charge in [-0.15, -0.1) is 10.2 Å². The van der Waals surface area contributed by atoms with Crippen molar-refractivity contribution in [1.82, 2.24) is 10.2 Å². The highest BCUT2D eigenvalue weighted by Crippen LogP contribution is 2.18. The third-order valence-corrected chi connectivity index (χ3v) is 4.03. The molecule has 0 radical (unpaired) electrons. The van der Waals surface area contributed by atoms with E-state index in [1.165, 1.54) is 43.4 Å². The molecule has 6 heteroatoms. The number of nitrogens with one attached hydrogen (secondary N) is 1. The Labute approximate surface area is 131 Å². The van der Waals surface area contributed by atoms with E-state index >= 15 is 0 Å². The molecular formula is C15H27N3O2S. The second-order valence-electron chi connectivity index (χ2n) is 5.01. The van der Waals surface area contributed by atoms with Crippen LogP contribution < -0.4 is 5.32 Å². The summed E-state index contributed by atoms with van der Waals surface area (Å²) in [5.74, 6) is -0.0642. The molecule has 120 valence electrons. The van der Waals surface area contributed by atoms with Crippen LogP contribution in [-0.2, 0) is 16.0 Å². The normalized spacial score (nSPS) is 10.8. The van der Waals surface area contributed by atoms with Gasteiger partial charge in [-0.1, -0.05) is 50.4 Å². The molecule has 1 aromatic rings. The number of rotatable bonds is 12. The molecular weight excluding hydrogens is 286 g/mol. The number of hydrogen-bond donors (Lipinski definition) is 1. The third kappa shape index (κ3) is 8.78. The van der Waals surface area contributed by atoms with E-state index in [0.29, 0.717) is 24.8 Å². The molecule has 5 nitrogen and oxygen atoms in total. The Bertz CT molecular complexity index is 396. The smallest absolute Gasteiger partial charge is 0.228 e. The molecule has 0 saturated heterocycles. The van der Waals surface area contributed by atoms with Crippen LogP contribution in [0.1, 0.15) is 63.8 Å². The van der Waals surface area contributed by atoms with Crippen molar-refractivity contribution in [3.05, 3.63) is 5.01 Å². The van der Waals surface area contributed by atoms with E-state index in [1.54, 1.807) is 0 Å². The number of amides is 1. The summed E-state index contributed by atoms with van der Waals surface area (Å²) < 4.78 is 5.15. The van der Waals surface area contributed by atoms with Gasteiger partial charge >= 0.3 is 0 Å². The first kappa shape index (κ1) is 18.0. The Hall–Kier alpha value is -1.01. The molecule has 1 rings (SSSR count). The molecule has 0 spiro atoms. The highest BCUT2D eigenvalue weighted by atomic mass is 32.1. The van der Waals surface area contributed by atoms with E-state index in [1.807, 2.05) is 6.92 Å². The third-order valence-electron chi connectivity index (χ3n) is 3.13. The van der Waals surface area contributed by atoms with E-state index in [4.69, 9.17) is 4.74 Å². The van der Waals surface area contributed by atoms with Gasteiger partial charge in [0.05, 0.1) is 13.0 Å². The molecule has 0 aromatic carbocycles. The number of nitrogens with zero attached hydrogens (tertiary/aromatic N) is 2. The average molecular weight is 313 g/mol. The van der Waals surface area contributed by atoms with Gasteiger partial charge in [-0.3, -0.25) is 4.79 Å². The Morgan fingerprint density at radius 3 is 2.67 bits per heavy atom. The van der Waals surface area contributed by atoms with Crippen molar-refractivity contribution >= 4 is 22.4 Å². The van der Waals surface area contributed by atoms with Crippen molar-refractivity contribution in [3.63, 3.8) is 0 Å². The monoisotopic (exact) mass is 313 g/mol. The number of aryl methyl sites for hydroxylation is 1. The topological polar surface area (TPSA) is 64.1 Å². The highest BCUT2D eigenvalue weighted by Gasteiger charge is 2.08. The zero-order chi connectivity index (χ0) is 15.3. The fourth-order valence-electron chi connectivity index (χ4n) is 1.95. The van der Waals surface area contributed by atoms with Crippen molar-refractivity contribution in [1.29, 1.82) is 0 Å². The van der Waals surface area contributed by atoms with E-state index in [2.05, 4.69) is 22.4 Å². The highest BCUT2D eigenvalue weighted by molar-refractivity contribution is 7.15. The van der Waals surface area contributed by atoms with Crippen LogP contribution in [0.5, 0.6) is 0 Å². The van der Waals surface area contributed by atoms with Gasteiger partial charge in [0.1, 0.15) is 5.01 Å². The standard InChI is InChI=1S/C15H27N3O2S/c1-3-5-6-7-8-9-10-14-17-18-15(21-14)16-13(19)11-12-20-4-2/h3-12H2,1-2H3,(H,16,18,19). The first-order valence-corrected chi connectivity index (χ1v) is 8.77. The summed E-state index contributed by atoms with van der Waals surface area (Å²) in [5, 5.41) is 12.5. The van der Waals surface area contributed by atoms with E-state index in [-0.39, 0.29) is 5.91 Å². The molecule has 0 aliphatic rings. The van der Waals surface area contributed by atoms with Crippen LogP contribution in [0.4, 0.5) is 5.13 Å². The molecule has 1 amide bonds. The lowest BCUT2D eigenvalue weighted by Gasteiger charge is -2.00. The number of anilines is 1. The lowest BCUT2D eigenvalue weighted by molar-refractivity contribution is -0.117. The number of aromatic nitrogens is 2. The van der Waals surface area contributed by atoms with E-state index in [0.717, 1.165) is 17.8 Å². The van der Waals surface area contributed by atoms with Crippen LogP contribution >= 0.6 is 11.3 Å². The van der Waals surface area contributed by atoms with Crippen LogP contribution in [-0.4, -0.2) is 29.3 Å². The zero-order valence-electron chi connectivity index (χ0n) is 13.2. The van der Waals surface area contributed by atoms with E-state index in [9.17, 15) is 4.79 Å². The summed E-state index contributed by atoms with van der Waals surface area (Å²) in [6.07, 6.45) is 8.95. The molecule has 1 aromatic heterocycles. The number of ether oxygens (including phenoxy) is 1. The minimum atomic E-state index is -0.0642. The fourth-order valence-corrected chi connectivity index (χ4v) is 2.75. The van der Waals surface area contributed by atoms with Crippen molar-refractivity contribution in [3.8, 4) is 0 Å². The summed E-state index contributed by atoms with van der Waals surface area (Å²) in [4.78, 5) is 11.6. The summed E-state index contributed by atoms with van der Waals surface area (Å²) in [6.45, 7) is 5.23. The molecule has 0 unspecified atom stereocenters. The molecule has 0 saturated carbocycles. The molecule has 0 fully saturated rings. The molecule has 0 atom stereocenters. The quantitative estimate of drug-likeness (QED) is 0.596. The largest absolute Gasteiger partial charge is 0.381 e. The lowest BCUT2D eigenvalue weighted by atomic mass is 10.1. The van der Waals surface area contributed by atoms with Crippen LogP contribution in [0, 0.1) is 0 Å². The minimum Gasteiger partial charge on any atom is -0.381 e. The van der Waals surface area contributed by atoms with Gasteiger partial charge in [0.15, 0.2) is 0 Å². The first-order chi connectivity index (χ1) is 10.3. The summed E-state index contributed by atoms with van der Waals surface area (Å²) in [5.41, 5.74) is 0. The SMILES string of the molecule is CCCCCCCCc1nnc(NC(=O)CCOCC)s1. The number of unbranched alkanes of at least 4 members (excludes halogenated alkanes) is 5. The zero-order valence-corrected chi connectivity index (χ0v) is 14.0. The summed E-state index contributed by atoms with van der Waals surface area (Å²) in [7, 11) is 0. The predicted octanol–water partition coefficient (Wildman–Crippen LogP) is 3.81. The van der Waals surface area contributed by atoms with Gasteiger partial charge in [-0.25, -0.2) is 0 Å². The maximum absolute atomic E-state index is 11.6. The van der Waals surface area contributed by atoms with Crippen LogP contribution in [0.15, 0.2) is 0 Å². The summed E-state index contributed by atoms with van der Waals surface area (Å²) in [6, 6.07) is 0. The van der Waals surface area contributed by atoms with Gasteiger partial charge in [0, 0.05) is 13.0 Å². The maximum Gasteiger partial charge on any atom is 0.228 e. The fraction of sp³-hybridized carbons (Fsp3) is 0.800. The average Bonchev–Trinajstić information content (AvgIpc) is 2.90. The maximum atomic E-state index is 11.6. The van der Waals surface area contributed by atoms with Crippen molar-refractivity contribution in [2.24, 2.45) is 0 Å².